The Hall–Kier alpha value is -2.49. The minimum Gasteiger partial charge on any atom is -0.493 e. The zero-order valence-electron chi connectivity index (χ0n) is 14.5. The molecule has 0 radical (unpaired) electrons. The van der Waals surface area contributed by atoms with Crippen molar-refractivity contribution in [3.05, 3.63) is 60.2 Å². The van der Waals surface area contributed by atoms with Crippen LogP contribution in [0.4, 0.5) is 0 Å². The van der Waals surface area contributed by atoms with Crippen LogP contribution >= 0.6 is 0 Å². The van der Waals surface area contributed by atoms with E-state index >= 15 is 0 Å². The van der Waals surface area contributed by atoms with Gasteiger partial charge < -0.3 is 14.8 Å². The summed E-state index contributed by atoms with van der Waals surface area (Å²) in [6.45, 7) is 3.99. The molecule has 0 aromatic heterocycles. The van der Waals surface area contributed by atoms with Crippen molar-refractivity contribution >= 4 is 5.91 Å². The van der Waals surface area contributed by atoms with Crippen LogP contribution < -0.4 is 14.8 Å². The average molecular weight is 327 g/mol. The monoisotopic (exact) mass is 327 g/mol. The Kier molecular flexibility index (Phi) is 6.67. The van der Waals surface area contributed by atoms with E-state index < -0.39 is 6.10 Å². The summed E-state index contributed by atoms with van der Waals surface area (Å²) in [5, 5.41) is 3.09. The molecule has 0 bridgehead atoms. The molecule has 0 heterocycles. The number of rotatable bonds is 8. The molecule has 4 heteroatoms. The van der Waals surface area contributed by atoms with E-state index in [0.717, 1.165) is 12.0 Å². The highest BCUT2D eigenvalue weighted by atomic mass is 16.5. The largest absolute Gasteiger partial charge is 0.493 e. The Morgan fingerprint density at radius 1 is 0.958 bits per heavy atom. The Labute approximate surface area is 143 Å². The number of para-hydroxylation sites is 2. The first-order valence-electron chi connectivity index (χ1n) is 8.34. The summed E-state index contributed by atoms with van der Waals surface area (Å²) in [6.07, 6.45) is 0.842. The van der Waals surface area contributed by atoms with Crippen LogP contribution in [0.2, 0.25) is 0 Å². The van der Waals surface area contributed by atoms with Gasteiger partial charge in [0.1, 0.15) is 0 Å². The second-order valence-corrected chi connectivity index (χ2v) is 5.55. The number of benzene rings is 2. The number of ether oxygens (including phenoxy) is 2. The minimum atomic E-state index is -0.556. The Morgan fingerprint density at radius 2 is 1.58 bits per heavy atom. The van der Waals surface area contributed by atoms with Crippen LogP contribution in [0.25, 0.3) is 0 Å². The minimum absolute atomic E-state index is 0.0194. The Morgan fingerprint density at radius 3 is 2.17 bits per heavy atom. The lowest BCUT2D eigenvalue weighted by Crippen LogP contribution is -2.40. The fraction of sp³-hybridized carbons (Fsp3) is 0.350. The maximum absolute atomic E-state index is 12.6. The lowest BCUT2D eigenvalue weighted by Gasteiger charge is -2.23. The zero-order valence-corrected chi connectivity index (χ0v) is 14.5. The van der Waals surface area contributed by atoms with Gasteiger partial charge in [0.05, 0.1) is 13.2 Å². The summed E-state index contributed by atoms with van der Waals surface area (Å²) in [4.78, 5) is 12.6. The van der Waals surface area contributed by atoms with Gasteiger partial charge in [-0.2, -0.15) is 0 Å². The van der Waals surface area contributed by atoms with Crippen molar-refractivity contribution in [2.75, 3.05) is 7.11 Å². The van der Waals surface area contributed by atoms with E-state index in [2.05, 4.69) is 12.2 Å². The van der Waals surface area contributed by atoms with E-state index in [1.54, 1.807) is 7.11 Å². The molecule has 1 N–H and O–H groups in total. The summed E-state index contributed by atoms with van der Waals surface area (Å²) in [5.41, 5.74) is 1.10. The number of methoxy groups -OCH3 is 1. The molecule has 0 aliphatic carbocycles. The molecule has 0 saturated heterocycles. The van der Waals surface area contributed by atoms with Gasteiger partial charge in [-0.15, -0.1) is 0 Å². The molecule has 0 aliphatic heterocycles. The molecule has 0 fully saturated rings. The van der Waals surface area contributed by atoms with Crippen molar-refractivity contribution in [2.24, 2.45) is 0 Å². The molecule has 2 aromatic rings. The summed E-state index contributed by atoms with van der Waals surface area (Å²) in [5.74, 6) is 1.09. The van der Waals surface area contributed by atoms with E-state index in [1.165, 1.54) is 0 Å². The molecule has 2 atom stereocenters. The van der Waals surface area contributed by atoms with Crippen molar-refractivity contribution in [3.63, 3.8) is 0 Å². The summed E-state index contributed by atoms with van der Waals surface area (Å²) >= 11 is 0. The van der Waals surface area contributed by atoms with E-state index in [9.17, 15) is 4.79 Å². The molecule has 0 aliphatic rings. The van der Waals surface area contributed by atoms with Crippen LogP contribution in [0.5, 0.6) is 11.5 Å². The molecular weight excluding hydrogens is 302 g/mol. The fourth-order valence-electron chi connectivity index (χ4n) is 2.56. The van der Waals surface area contributed by atoms with Gasteiger partial charge in [0.25, 0.3) is 5.91 Å². The van der Waals surface area contributed by atoms with Crippen LogP contribution in [-0.2, 0) is 4.79 Å². The average Bonchev–Trinajstić information content (AvgIpc) is 2.64. The van der Waals surface area contributed by atoms with Gasteiger partial charge in [0.15, 0.2) is 17.6 Å². The molecule has 128 valence electrons. The third-order valence-corrected chi connectivity index (χ3v) is 3.93. The highest BCUT2D eigenvalue weighted by Crippen LogP contribution is 2.27. The maximum Gasteiger partial charge on any atom is 0.261 e. The zero-order chi connectivity index (χ0) is 17.4. The van der Waals surface area contributed by atoms with Crippen LogP contribution in [0.15, 0.2) is 54.6 Å². The van der Waals surface area contributed by atoms with Crippen LogP contribution in [0.1, 0.15) is 38.3 Å². The number of hydrogen-bond acceptors (Lipinski definition) is 3. The first-order chi connectivity index (χ1) is 11.7. The van der Waals surface area contributed by atoms with Gasteiger partial charge >= 0.3 is 0 Å². The number of hydrogen-bond donors (Lipinski definition) is 1. The van der Waals surface area contributed by atoms with Gasteiger partial charge in [0.2, 0.25) is 0 Å². The highest BCUT2D eigenvalue weighted by Gasteiger charge is 2.22. The summed E-state index contributed by atoms with van der Waals surface area (Å²) < 4.78 is 11.2. The second kappa shape index (κ2) is 8.96. The third kappa shape index (κ3) is 4.51. The van der Waals surface area contributed by atoms with Crippen molar-refractivity contribution < 1.29 is 14.3 Å². The molecular formula is C20H25NO3. The van der Waals surface area contributed by atoms with E-state index in [-0.39, 0.29) is 11.9 Å². The molecule has 0 spiro atoms. The van der Waals surface area contributed by atoms with Crippen LogP contribution in [0, 0.1) is 0 Å². The Bertz CT molecular complexity index is 642. The molecule has 2 unspecified atom stereocenters. The van der Waals surface area contributed by atoms with Crippen molar-refractivity contribution in [2.45, 2.75) is 38.8 Å². The molecule has 24 heavy (non-hydrogen) atoms. The van der Waals surface area contributed by atoms with Crippen LogP contribution in [-0.4, -0.2) is 19.1 Å². The molecule has 0 saturated carbocycles. The fourth-order valence-corrected chi connectivity index (χ4v) is 2.56. The lowest BCUT2D eigenvalue weighted by molar-refractivity contribution is -0.129. The first kappa shape index (κ1) is 17.9. The van der Waals surface area contributed by atoms with Crippen molar-refractivity contribution in [1.82, 2.24) is 5.32 Å². The second-order valence-electron chi connectivity index (χ2n) is 5.55. The predicted octanol–water partition coefficient (Wildman–Crippen LogP) is 4.12. The molecule has 2 rings (SSSR count). The first-order valence-corrected chi connectivity index (χ1v) is 8.34. The van der Waals surface area contributed by atoms with E-state index in [1.807, 2.05) is 61.5 Å². The SMILES string of the molecule is CCC(Oc1ccccc1OC)C(=O)NC(CC)c1ccccc1. The van der Waals surface area contributed by atoms with Gasteiger partial charge in [-0.1, -0.05) is 56.3 Å². The van der Waals surface area contributed by atoms with Crippen LogP contribution in [0.3, 0.4) is 0 Å². The number of nitrogens with one attached hydrogen (secondary N) is 1. The molecule has 4 nitrogen and oxygen atoms in total. The standard InChI is InChI=1S/C20H25NO3/c1-4-16(15-11-7-6-8-12-15)21-20(22)17(5-2)24-19-14-10-9-13-18(19)23-3/h6-14,16-17H,4-5H2,1-3H3,(H,21,22). The topological polar surface area (TPSA) is 47.6 Å². The summed E-state index contributed by atoms with van der Waals surface area (Å²) in [7, 11) is 1.59. The quantitative estimate of drug-likeness (QED) is 0.793. The van der Waals surface area contributed by atoms with Gasteiger partial charge in [-0.25, -0.2) is 0 Å². The number of carbonyl (C=O) groups excluding carboxylic acids is 1. The number of carbonyl (C=O) groups is 1. The molecule has 2 aromatic carbocycles. The maximum atomic E-state index is 12.6. The third-order valence-electron chi connectivity index (χ3n) is 3.93. The van der Waals surface area contributed by atoms with Crippen molar-refractivity contribution in [3.8, 4) is 11.5 Å². The van der Waals surface area contributed by atoms with Gasteiger partial charge in [-0.3, -0.25) is 4.79 Å². The smallest absolute Gasteiger partial charge is 0.261 e. The number of amides is 1. The predicted molar refractivity (Wildman–Crippen MR) is 95.3 cm³/mol. The van der Waals surface area contributed by atoms with E-state index in [4.69, 9.17) is 9.47 Å². The molecule has 1 amide bonds. The van der Waals surface area contributed by atoms with Crippen molar-refractivity contribution in [1.29, 1.82) is 0 Å². The normalized spacial score (nSPS) is 13.0. The highest BCUT2D eigenvalue weighted by molar-refractivity contribution is 5.81. The van der Waals surface area contributed by atoms with E-state index in [0.29, 0.717) is 17.9 Å². The van der Waals surface area contributed by atoms with Gasteiger partial charge in [0, 0.05) is 0 Å². The Balaban J connectivity index is 2.08. The van der Waals surface area contributed by atoms with Gasteiger partial charge in [-0.05, 0) is 30.5 Å². The summed E-state index contributed by atoms with van der Waals surface area (Å²) in [6, 6.07) is 17.3. The lowest BCUT2D eigenvalue weighted by atomic mass is 10.0.